The maximum absolute atomic E-state index is 12.9. The first-order valence-corrected chi connectivity index (χ1v) is 8.96. The number of alkyl halides is 4. The van der Waals surface area contributed by atoms with Crippen LogP contribution in [-0.4, -0.2) is 36.1 Å². The summed E-state index contributed by atoms with van der Waals surface area (Å²) < 4.78 is 44.0. The molecule has 10 heteroatoms. The molecule has 0 aromatic heterocycles. The van der Waals surface area contributed by atoms with Crippen molar-refractivity contribution in [1.82, 2.24) is 10.6 Å². The van der Waals surface area contributed by atoms with Crippen molar-refractivity contribution in [2.75, 3.05) is 24.1 Å². The van der Waals surface area contributed by atoms with Crippen LogP contribution in [-0.2, 0) is 15.2 Å². The Morgan fingerprint density at radius 1 is 1.43 bits per heavy atom. The largest absolute Gasteiger partial charge is 0.418 e. The zero-order valence-corrected chi connectivity index (χ0v) is 13.4. The predicted molar refractivity (Wildman–Crippen MR) is 80.4 cm³/mol. The SMILES string of the molecule is O=C1CS(OC(=O)NCCCl)(c2cccc(C(F)(F)F)c2)CN1. The molecule has 1 aromatic carbocycles. The lowest BCUT2D eigenvalue weighted by Gasteiger charge is -2.33. The number of carbonyl (C=O) groups is 2. The number of amides is 2. The van der Waals surface area contributed by atoms with Gasteiger partial charge in [-0.15, -0.1) is 11.6 Å². The first-order valence-electron chi connectivity index (χ1n) is 6.53. The number of hydrogen-bond donors (Lipinski definition) is 2. The smallest absolute Gasteiger partial charge is 0.393 e. The number of halogens is 4. The Morgan fingerprint density at radius 3 is 2.74 bits per heavy atom. The van der Waals surface area contributed by atoms with E-state index in [1.165, 1.54) is 12.1 Å². The fourth-order valence-electron chi connectivity index (χ4n) is 2.01. The number of carbonyl (C=O) groups excluding carboxylic acids is 2. The Morgan fingerprint density at radius 2 is 2.17 bits per heavy atom. The first kappa shape index (κ1) is 17.7. The molecule has 2 N–H and O–H groups in total. The molecule has 0 saturated carbocycles. The molecule has 5 nitrogen and oxygen atoms in total. The summed E-state index contributed by atoms with van der Waals surface area (Å²) in [5.41, 5.74) is -0.856. The summed E-state index contributed by atoms with van der Waals surface area (Å²) in [6, 6.07) is 4.51. The molecule has 1 aliphatic heterocycles. The summed E-state index contributed by atoms with van der Waals surface area (Å²) >= 11 is 5.45. The van der Waals surface area contributed by atoms with E-state index in [-0.39, 0.29) is 34.9 Å². The molecule has 0 radical (unpaired) electrons. The highest BCUT2D eigenvalue weighted by molar-refractivity contribution is 8.31. The molecule has 1 atom stereocenters. The van der Waals surface area contributed by atoms with E-state index in [1.807, 2.05) is 0 Å². The van der Waals surface area contributed by atoms with Gasteiger partial charge in [-0.05, 0) is 28.5 Å². The highest BCUT2D eigenvalue weighted by atomic mass is 35.5. The second kappa shape index (κ2) is 6.88. The third-order valence-corrected chi connectivity index (χ3v) is 6.17. The van der Waals surface area contributed by atoms with Crippen LogP contribution in [0.4, 0.5) is 18.0 Å². The topological polar surface area (TPSA) is 67.4 Å². The van der Waals surface area contributed by atoms with Gasteiger partial charge in [0.05, 0.1) is 17.2 Å². The molecule has 0 spiro atoms. The van der Waals surface area contributed by atoms with Gasteiger partial charge in [-0.3, -0.25) is 4.79 Å². The summed E-state index contributed by atoms with van der Waals surface area (Å²) in [6.07, 6.45) is -5.33. The van der Waals surface area contributed by atoms with Gasteiger partial charge < -0.3 is 14.8 Å². The van der Waals surface area contributed by atoms with Crippen molar-refractivity contribution < 1.29 is 26.9 Å². The van der Waals surface area contributed by atoms with Gasteiger partial charge in [0, 0.05) is 17.3 Å². The zero-order valence-electron chi connectivity index (χ0n) is 11.8. The molecule has 1 fully saturated rings. The monoisotopic (exact) mass is 370 g/mol. The van der Waals surface area contributed by atoms with Crippen LogP contribution in [0, 0.1) is 0 Å². The van der Waals surface area contributed by atoms with Gasteiger partial charge in [0.2, 0.25) is 5.91 Å². The second-order valence-electron chi connectivity index (χ2n) is 4.71. The highest BCUT2D eigenvalue weighted by Crippen LogP contribution is 2.58. The number of nitrogens with one attached hydrogen (secondary N) is 2. The Hall–Kier alpha value is -1.61. The molecule has 1 unspecified atom stereocenters. The molecule has 2 amide bonds. The Balaban J connectivity index is 2.32. The number of rotatable bonds is 4. The van der Waals surface area contributed by atoms with Crippen molar-refractivity contribution >= 4 is 33.9 Å². The maximum atomic E-state index is 12.9. The molecular weight excluding hydrogens is 357 g/mol. The molecule has 1 aromatic rings. The van der Waals surface area contributed by atoms with E-state index < -0.39 is 28.1 Å². The van der Waals surface area contributed by atoms with Crippen LogP contribution >= 0.6 is 21.9 Å². The Labute approximate surface area is 137 Å². The lowest BCUT2D eigenvalue weighted by atomic mass is 10.2. The van der Waals surface area contributed by atoms with E-state index in [4.69, 9.17) is 15.8 Å². The van der Waals surface area contributed by atoms with Gasteiger partial charge in [-0.2, -0.15) is 13.2 Å². The van der Waals surface area contributed by atoms with E-state index in [0.29, 0.717) is 0 Å². The summed E-state index contributed by atoms with van der Waals surface area (Å²) in [6.45, 7) is 0.153. The normalized spacial score (nSPS) is 23.7. The van der Waals surface area contributed by atoms with Crippen LogP contribution in [0.25, 0.3) is 0 Å². The quantitative estimate of drug-likeness (QED) is 0.801. The molecule has 1 aliphatic rings. The molecule has 0 aliphatic carbocycles. The van der Waals surface area contributed by atoms with Gasteiger partial charge in [0.15, 0.2) is 0 Å². The van der Waals surface area contributed by atoms with Gasteiger partial charge in [-0.1, -0.05) is 6.07 Å². The first-order chi connectivity index (χ1) is 10.8. The maximum Gasteiger partial charge on any atom is 0.418 e. The third kappa shape index (κ3) is 4.23. The van der Waals surface area contributed by atoms with E-state index in [2.05, 4.69) is 10.6 Å². The molecular formula is C13H14ClF3N2O3S. The van der Waals surface area contributed by atoms with Crippen LogP contribution in [0.3, 0.4) is 0 Å². The van der Waals surface area contributed by atoms with Crippen molar-refractivity contribution in [3.63, 3.8) is 0 Å². The van der Waals surface area contributed by atoms with Crippen molar-refractivity contribution in [2.45, 2.75) is 11.1 Å². The van der Waals surface area contributed by atoms with Crippen LogP contribution in [0.15, 0.2) is 29.2 Å². The van der Waals surface area contributed by atoms with Gasteiger partial charge in [0.1, 0.15) is 0 Å². The zero-order chi connectivity index (χ0) is 17.1. The lowest BCUT2D eigenvalue weighted by Crippen LogP contribution is -2.28. The lowest BCUT2D eigenvalue weighted by molar-refractivity contribution is -0.137. The molecule has 128 valence electrons. The number of benzene rings is 1. The Bertz CT molecular complexity index is 614. The minimum absolute atomic E-state index is 0.0125. The van der Waals surface area contributed by atoms with E-state index in [0.717, 1.165) is 12.1 Å². The fourth-order valence-corrected chi connectivity index (χ4v) is 4.69. The van der Waals surface area contributed by atoms with Crippen molar-refractivity contribution in [3.05, 3.63) is 29.8 Å². The van der Waals surface area contributed by atoms with E-state index in [1.54, 1.807) is 0 Å². The van der Waals surface area contributed by atoms with Gasteiger partial charge in [-0.25, -0.2) is 4.79 Å². The predicted octanol–water partition coefficient (Wildman–Crippen LogP) is 2.84. The molecule has 23 heavy (non-hydrogen) atoms. The minimum atomic E-state index is -4.52. The average Bonchev–Trinajstić information content (AvgIpc) is 2.86. The summed E-state index contributed by atoms with van der Waals surface area (Å²) in [5, 5.41) is 4.89. The summed E-state index contributed by atoms with van der Waals surface area (Å²) in [5.74, 6) is -0.384. The van der Waals surface area contributed by atoms with E-state index in [9.17, 15) is 22.8 Å². The number of hydrogen-bond acceptors (Lipinski definition) is 3. The minimum Gasteiger partial charge on any atom is -0.393 e. The van der Waals surface area contributed by atoms with Gasteiger partial charge in [0.25, 0.3) is 0 Å². The third-order valence-electron chi connectivity index (χ3n) is 3.06. The molecule has 1 saturated heterocycles. The van der Waals surface area contributed by atoms with E-state index >= 15 is 0 Å². The van der Waals surface area contributed by atoms with Crippen LogP contribution in [0.2, 0.25) is 0 Å². The molecule has 2 rings (SSSR count). The summed E-state index contributed by atoms with van der Waals surface area (Å²) in [7, 11) is -2.52. The van der Waals surface area contributed by atoms with Crippen molar-refractivity contribution in [3.8, 4) is 0 Å². The van der Waals surface area contributed by atoms with Crippen molar-refractivity contribution in [2.24, 2.45) is 0 Å². The fraction of sp³-hybridized carbons (Fsp3) is 0.385. The van der Waals surface area contributed by atoms with Crippen molar-refractivity contribution in [1.29, 1.82) is 0 Å². The molecule has 0 bridgehead atoms. The standard InChI is InChI=1S/C13H14ClF3N2O3S/c14-4-5-18-12(21)22-23(7-11(20)19-8-23)10-3-1-2-9(6-10)13(15,16)17/h1-3,6H,4-5,7-8H2,(H,18,21)(H,19,20). The van der Waals surface area contributed by atoms with Gasteiger partial charge >= 0.3 is 12.3 Å². The Kier molecular flexibility index (Phi) is 5.30. The highest BCUT2D eigenvalue weighted by Gasteiger charge is 2.40. The summed E-state index contributed by atoms with van der Waals surface area (Å²) in [4.78, 5) is 23.5. The van der Waals surface area contributed by atoms with Crippen LogP contribution < -0.4 is 10.6 Å². The van der Waals surface area contributed by atoms with Crippen LogP contribution in [0.5, 0.6) is 0 Å². The average molecular weight is 371 g/mol. The second-order valence-corrected chi connectivity index (χ2v) is 7.93. The molecule has 1 heterocycles. The van der Waals surface area contributed by atoms with Crippen LogP contribution in [0.1, 0.15) is 5.56 Å².